The normalized spacial score (nSPS) is 19.9. The van der Waals surface area contributed by atoms with Crippen LogP contribution < -0.4 is 10.1 Å². The molecule has 0 bridgehead atoms. The summed E-state index contributed by atoms with van der Waals surface area (Å²) < 4.78 is 5.43. The van der Waals surface area contributed by atoms with E-state index in [-0.39, 0.29) is 23.8 Å². The number of aromatic nitrogens is 2. The van der Waals surface area contributed by atoms with Crippen LogP contribution in [0.3, 0.4) is 0 Å². The maximum atomic E-state index is 12.8. The van der Waals surface area contributed by atoms with Crippen molar-refractivity contribution >= 4 is 16.9 Å². The summed E-state index contributed by atoms with van der Waals surface area (Å²) in [7, 11) is 1.67. The molecule has 0 saturated heterocycles. The first kappa shape index (κ1) is 16.6. The first-order chi connectivity index (χ1) is 12.7. The molecule has 2 N–H and O–H groups in total. The number of para-hydroxylation sites is 3. The van der Waals surface area contributed by atoms with Crippen molar-refractivity contribution in [3.8, 4) is 5.75 Å². The summed E-state index contributed by atoms with van der Waals surface area (Å²) in [5, 5.41) is 3.17. The van der Waals surface area contributed by atoms with Gasteiger partial charge in [-0.25, -0.2) is 4.98 Å². The molecule has 1 heterocycles. The van der Waals surface area contributed by atoms with Crippen LogP contribution in [0.15, 0.2) is 48.5 Å². The van der Waals surface area contributed by atoms with Gasteiger partial charge in [-0.05, 0) is 42.5 Å². The molecule has 26 heavy (non-hydrogen) atoms. The Balaban J connectivity index is 1.47. The Labute approximate surface area is 152 Å². The van der Waals surface area contributed by atoms with E-state index in [1.54, 1.807) is 7.11 Å². The van der Waals surface area contributed by atoms with Crippen LogP contribution in [0.1, 0.15) is 43.1 Å². The maximum Gasteiger partial charge on any atom is 0.224 e. The summed E-state index contributed by atoms with van der Waals surface area (Å²) in [6.07, 6.45) is 1.65. The van der Waals surface area contributed by atoms with Crippen LogP contribution in [-0.4, -0.2) is 23.0 Å². The number of benzene rings is 2. The minimum atomic E-state index is -0.103. The Morgan fingerprint density at radius 3 is 2.81 bits per heavy atom. The van der Waals surface area contributed by atoms with Gasteiger partial charge in [0.05, 0.1) is 24.2 Å². The highest BCUT2D eigenvalue weighted by Gasteiger charge is 2.45. The number of carbonyl (C=O) groups is 1. The number of nitrogens with one attached hydrogen (secondary N) is 2. The number of amides is 1. The summed E-state index contributed by atoms with van der Waals surface area (Å²) in [5.74, 6) is 2.01. The van der Waals surface area contributed by atoms with Crippen molar-refractivity contribution < 1.29 is 9.53 Å². The lowest BCUT2D eigenvalue weighted by atomic mass is 10.1. The number of imidazole rings is 1. The van der Waals surface area contributed by atoms with Crippen LogP contribution >= 0.6 is 0 Å². The van der Waals surface area contributed by atoms with E-state index in [0.29, 0.717) is 0 Å². The van der Waals surface area contributed by atoms with E-state index in [9.17, 15) is 4.79 Å². The molecular formula is C21H23N3O2. The fraction of sp³-hybridized carbons (Fsp3) is 0.333. The van der Waals surface area contributed by atoms with E-state index in [4.69, 9.17) is 4.74 Å². The average molecular weight is 349 g/mol. The Bertz CT molecular complexity index is 901. The monoisotopic (exact) mass is 349 g/mol. The van der Waals surface area contributed by atoms with Crippen molar-refractivity contribution in [1.82, 2.24) is 15.3 Å². The smallest absolute Gasteiger partial charge is 0.224 e. The molecule has 1 aliphatic rings. The maximum absolute atomic E-state index is 12.8. The zero-order valence-electron chi connectivity index (χ0n) is 15.0. The van der Waals surface area contributed by atoms with Crippen molar-refractivity contribution in [2.75, 3.05) is 7.11 Å². The summed E-state index contributed by atoms with van der Waals surface area (Å²) in [4.78, 5) is 20.7. The first-order valence-corrected chi connectivity index (χ1v) is 9.09. The van der Waals surface area contributed by atoms with E-state index >= 15 is 0 Å². The largest absolute Gasteiger partial charge is 0.496 e. The number of nitrogens with zero attached hydrogens (tertiary/aromatic N) is 1. The number of rotatable bonds is 6. The number of hydrogen-bond donors (Lipinski definition) is 2. The molecule has 2 aromatic carbocycles. The molecule has 1 aliphatic carbocycles. The first-order valence-electron chi connectivity index (χ1n) is 9.09. The number of H-pyrrole nitrogens is 1. The molecule has 0 spiro atoms. The van der Waals surface area contributed by atoms with Crippen molar-refractivity contribution in [3.05, 3.63) is 59.9 Å². The van der Waals surface area contributed by atoms with Gasteiger partial charge in [-0.1, -0.05) is 37.3 Å². The molecule has 4 rings (SSSR count). The topological polar surface area (TPSA) is 67.0 Å². The fourth-order valence-electron chi connectivity index (χ4n) is 3.58. The lowest BCUT2D eigenvalue weighted by Crippen LogP contribution is -2.30. The van der Waals surface area contributed by atoms with Gasteiger partial charge < -0.3 is 15.0 Å². The second-order valence-corrected chi connectivity index (χ2v) is 6.80. The number of ether oxygens (including phenoxy) is 1. The van der Waals surface area contributed by atoms with Gasteiger partial charge >= 0.3 is 0 Å². The number of hydrogen-bond acceptors (Lipinski definition) is 3. The van der Waals surface area contributed by atoms with Gasteiger partial charge in [-0.3, -0.25) is 4.79 Å². The number of carbonyl (C=O) groups excluding carboxylic acids is 1. The molecule has 0 aliphatic heterocycles. The minimum absolute atomic E-state index is 0.00438. The third-order valence-corrected chi connectivity index (χ3v) is 5.13. The van der Waals surface area contributed by atoms with Gasteiger partial charge in [0, 0.05) is 5.92 Å². The Morgan fingerprint density at radius 1 is 1.27 bits per heavy atom. The average Bonchev–Trinajstić information content (AvgIpc) is 3.36. The predicted octanol–water partition coefficient (Wildman–Crippen LogP) is 3.94. The molecule has 0 radical (unpaired) electrons. The SMILES string of the molecule is CC[C@@H](NC(=O)[C@@H]1C[C@H]1c1ccccc1OC)c1nc2ccccc2[nH]1. The molecule has 1 fully saturated rings. The summed E-state index contributed by atoms with van der Waals surface area (Å²) in [5.41, 5.74) is 3.04. The van der Waals surface area contributed by atoms with Crippen LogP contribution in [0.2, 0.25) is 0 Å². The number of methoxy groups -OCH3 is 1. The van der Waals surface area contributed by atoms with Crippen molar-refractivity contribution in [3.63, 3.8) is 0 Å². The van der Waals surface area contributed by atoms with E-state index in [0.717, 1.165) is 41.0 Å². The van der Waals surface area contributed by atoms with E-state index in [2.05, 4.69) is 22.2 Å². The Kier molecular flexibility index (Phi) is 4.37. The fourth-order valence-corrected chi connectivity index (χ4v) is 3.58. The zero-order valence-corrected chi connectivity index (χ0v) is 15.0. The minimum Gasteiger partial charge on any atom is -0.496 e. The molecule has 1 aromatic heterocycles. The van der Waals surface area contributed by atoms with Crippen LogP contribution in [-0.2, 0) is 4.79 Å². The van der Waals surface area contributed by atoms with Crippen LogP contribution in [0.4, 0.5) is 0 Å². The predicted molar refractivity (Wildman–Crippen MR) is 101 cm³/mol. The third kappa shape index (κ3) is 3.05. The van der Waals surface area contributed by atoms with Gasteiger partial charge in [0.15, 0.2) is 0 Å². The Hall–Kier alpha value is -2.82. The quantitative estimate of drug-likeness (QED) is 0.708. The van der Waals surface area contributed by atoms with Crippen molar-refractivity contribution in [2.45, 2.75) is 31.7 Å². The summed E-state index contributed by atoms with van der Waals surface area (Å²) >= 11 is 0. The molecule has 5 heteroatoms. The number of fused-ring (bicyclic) bond motifs is 1. The highest BCUT2D eigenvalue weighted by Crippen LogP contribution is 2.50. The van der Waals surface area contributed by atoms with Crippen LogP contribution in [0.5, 0.6) is 5.75 Å². The lowest BCUT2D eigenvalue weighted by Gasteiger charge is -2.15. The molecule has 1 amide bonds. The van der Waals surface area contributed by atoms with E-state index in [1.165, 1.54) is 0 Å². The number of aromatic amines is 1. The van der Waals surface area contributed by atoms with Crippen LogP contribution in [0.25, 0.3) is 11.0 Å². The lowest BCUT2D eigenvalue weighted by molar-refractivity contribution is -0.123. The van der Waals surface area contributed by atoms with E-state index in [1.807, 2.05) is 48.5 Å². The van der Waals surface area contributed by atoms with Crippen LogP contribution in [0, 0.1) is 5.92 Å². The van der Waals surface area contributed by atoms with Gasteiger partial charge in [0.25, 0.3) is 0 Å². The summed E-state index contributed by atoms with van der Waals surface area (Å²) in [6, 6.07) is 15.8. The summed E-state index contributed by atoms with van der Waals surface area (Å²) in [6.45, 7) is 2.06. The molecule has 5 nitrogen and oxygen atoms in total. The van der Waals surface area contributed by atoms with Crippen molar-refractivity contribution in [1.29, 1.82) is 0 Å². The molecule has 0 unspecified atom stereocenters. The van der Waals surface area contributed by atoms with Gasteiger partial charge in [-0.2, -0.15) is 0 Å². The van der Waals surface area contributed by atoms with Gasteiger partial charge in [-0.15, -0.1) is 0 Å². The highest BCUT2D eigenvalue weighted by atomic mass is 16.5. The third-order valence-electron chi connectivity index (χ3n) is 5.13. The molecular weight excluding hydrogens is 326 g/mol. The van der Waals surface area contributed by atoms with E-state index < -0.39 is 0 Å². The molecule has 3 atom stereocenters. The van der Waals surface area contributed by atoms with Gasteiger partial charge in [0.1, 0.15) is 11.6 Å². The molecule has 134 valence electrons. The molecule has 1 saturated carbocycles. The van der Waals surface area contributed by atoms with Gasteiger partial charge in [0.2, 0.25) is 5.91 Å². The highest BCUT2D eigenvalue weighted by molar-refractivity contribution is 5.83. The second kappa shape index (κ2) is 6.83. The standard InChI is InChI=1S/C21H23N3O2/c1-3-16(20-22-17-9-5-6-10-18(17)23-20)24-21(25)15-12-14(15)13-8-4-7-11-19(13)26-2/h4-11,14-16H,3,12H2,1-2H3,(H,22,23)(H,24,25)/t14-,15+,16+/m0/s1. The zero-order chi connectivity index (χ0) is 18.1. The van der Waals surface area contributed by atoms with Crippen molar-refractivity contribution in [2.24, 2.45) is 5.92 Å². The Morgan fingerprint density at radius 2 is 2.04 bits per heavy atom. The molecule has 3 aromatic rings. The second-order valence-electron chi connectivity index (χ2n) is 6.80.